The molecular formula is C19H16BrF2N7OS. The van der Waals surface area contributed by atoms with Gasteiger partial charge in [-0.15, -0.1) is 10.2 Å². The molecule has 160 valence electrons. The minimum absolute atomic E-state index is 0.0524. The van der Waals surface area contributed by atoms with Crippen molar-refractivity contribution in [1.82, 2.24) is 29.6 Å². The Morgan fingerprint density at radius 2 is 2.00 bits per heavy atom. The van der Waals surface area contributed by atoms with Crippen molar-refractivity contribution >= 4 is 27.7 Å². The Morgan fingerprint density at radius 3 is 2.71 bits per heavy atom. The Kier molecular flexibility index (Phi) is 6.03. The SMILES string of the molecule is Nn1c(SCC(O)(Cn2cncn2)c2ccc(F)cc2F)nnc1-c1cccc(Br)c1. The number of hydrogen-bond acceptors (Lipinski definition) is 7. The number of aromatic nitrogens is 6. The zero-order valence-electron chi connectivity index (χ0n) is 15.9. The lowest BCUT2D eigenvalue weighted by atomic mass is 9.95. The molecule has 0 fully saturated rings. The minimum atomic E-state index is -1.75. The van der Waals surface area contributed by atoms with E-state index in [1.807, 2.05) is 24.3 Å². The molecule has 2 aromatic carbocycles. The second kappa shape index (κ2) is 8.73. The molecule has 0 amide bonds. The van der Waals surface area contributed by atoms with Gasteiger partial charge in [-0.1, -0.05) is 45.9 Å². The molecular weight excluding hydrogens is 492 g/mol. The quantitative estimate of drug-likeness (QED) is 0.292. The molecule has 0 aliphatic carbocycles. The summed E-state index contributed by atoms with van der Waals surface area (Å²) in [4.78, 5) is 3.84. The van der Waals surface area contributed by atoms with Crippen molar-refractivity contribution in [1.29, 1.82) is 0 Å². The van der Waals surface area contributed by atoms with Gasteiger partial charge < -0.3 is 10.9 Å². The van der Waals surface area contributed by atoms with Crippen LogP contribution in [0.3, 0.4) is 0 Å². The molecule has 1 unspecified atom stereocenters. The van der Waals surface area contributed by atoms with E-state index in [2.05, 4.69) is 36.2 Å². The Morgan fingerprint density at radius 1 is 1.16 bits per heavy atom. The van der Waals surface area contributed by atoms with E-state index in [4.69, 9.17) is 5.84 Å². The second-order valence-electron chi connectivity index (χ2n) is 6.72. The Balaban J connectivity index is 1.62. The third-order valence-corrected chi connectivity index (χ3v) is 6.16. The van der Waals surface area contributed by atoms with E-state index >= 15 is 0 Å². The van der Waals surface area contributed by atoms with Gasteiger partial charge in [0.25, 0.3) is 0 Å². The number of thioether (sulfide) groups is 1. The first-order valence-electron chi connectivity index (χ1n) is 8.95. The van der Waals surface area contributed by atoms with E-state index in [1.165, 1.54) is 28.1 Å². The van der Waals surface area contributed by atoms with Crippen LogP contribution in [0, 0.1) is 11.6 Å². The summed E-state index contributed by atoms with van der Waals surface area (Å²) < 4.78 is 31.5. The molecule has 2 heterocycles. The lowest BCUT2D eigenvalue weighted by Gasteiger charge is -2.28. The number of hydrogen-bond donors (Lipinski definition) is 2. The van der Waals surface area contributed by atoms with E-state index in [0.29, 0.717) is 11.0 Å². The monoisotopic (exact) mass is 507 g/mol. The van der Waals surface area contributed by atoms with Crippen LogP contribution >= 0.6 is 27.7 Å². The van der Waals surface area contributed by atoms with Gasteiger partial charge in [0.1, 0.15) is 29.9 Å². The van der Waals surface area contributed by atoms with E-state index in [-0.39, 0.29) is 17.9 Å². The topological polar surface area (TPSA) is 108 Å². The highest BCUT2D eigenvalue weighted by Crippen LogP contribution is 2.33. The lowest BCUT2D eigenvalue weighted by Crippen LogP contribution is -2.35. The van der Waals surface area contributed by atoms with Crippen LogP contribution in [-0.4, -0.2) is 40.5 Å². The third-order valence-electron chi connectivity index (χ3n) is 4.51. The van der Waals surface area contributed by atoms with Crippen molar-refractivity contribution in [3.8, 4) is 11.4 Å². The summed E-state index contributed by atoms with van der Waals surface area (Å²) in [5.74, 6) is 4.93. The van der Waals surface area contributed by atoms with Crippen molar-refractivity contribution in [2.75, 3.05) is 11.6 Å². The van der Waals surface area contributed by atoms with Crippen LogP contribution in [0.1, 0.15) is 5.56 Å². The van der Waals surface area contributed by atoms with Crippen LogP contribution in [-0.2, 0) is 12.1 Å². The van der Waals surface area contributed by atoms with Crippen LogP contribution in [0.25, 0.3) is 11.4 Å². The van der Waals surface area contributed by atoms with Crippen LogP contribution in [0.15, 0.2) is 64.7 Å². The summed E-state index contributed by atoms with van der Waals surface area (Å²) in [6.45, 7) is -0.111. The Bertz CT molecular complexity index is 1200. The Hall–Kier alpha value is -2.83. The molecule has 0 aliphatic heterocycles. The van der Waals surface area contributed by atoms with Gasteiger partial charge in [0.15, 0.2) is 5.82 Å². The highest BCUT2D eigenvalue weighted by atomic mass is 79.9. The first-order valence-corrected chi connectivity index (χ1v) is 10.7. The molecule has 4 aromatic rings. The maximum atomic E-state index is 14.5. The predicted molar refractivity (Wildman–Crippen MR) is 114 cm³/mol. The molecule has 4 rings (SSSR count). The molecule has 0 saturated heterocycles. The van der Waals surface area contributed by atoms with E-state index < -0.39 is 17.2 Å². The largest absolute Gasteiger partial charge is 0.382 e. The summed E-state index contributed by atoms with van der Waals surface area (Å²) in [6, 6.07) is 10.4. The smallest absolute Gasteiger partial charge is 0.210 e. The van der Waals surface area contributed by atoms with E-state index in [9.17, 15) is 13.9 Å². The number of halogens is 3. The number of benzene rings is 2. The molecule has 12 heteroatoms. The fourth-order valence-corrected chi connectivity index (χ4v) is 4.38. The first kappa shape index (κ1) is 21.4. The number of nitrogens with two attached hydrogens (primary N) is 1. The molecule has 2 aromatic heterocycles. The first-order chi connectivity index (χ1) is 14.9. The van der Waals surface area contributed by atoms with Gasteiger partial charge in [-0.3, -0.25) is 0 Å². The van der Waals surface area contributed by atoms with Crippen molar-refractivity contribution in [3.63, 3.8) is 0 Å². The van der Waals surface area contributed by atoms with Crippen molar-refractivity contribution in [3.05, 3.63) is 76.8 Å². The van der Waals surface area contributed by atoms with Crippen molar-refractivity contribution in [2.24, 2.45) is 0 Å². The van der Waals surface area contributed by atoms with Crippen LogP contribution in [0.2, 0.25) is 0 Å². The molecule has 0 aliphatic rings. The standard InChI is InChI=1S/C19H16BrF2N7OS/c20-13-3-1-2-12(6-13)17-26-27-18(29(17)23)31-9-19(30,8-28-11-24-10-25-28)15-5-4-14(21)7-16(15)22/h1-7,10-11,30H,8-9,23H2. The van der Waals surface area contributed by atoms with Gasteiger partial charge in [-0.05, 0) is 18.2 Å². The van der Waals surface area contributed by atoms with Crippen molar-refractivity contribution in [2.45, 2.75) is 17.3 Å². The molecule has 8 nitrogen and oxygen atoms in total. The van der Waals surface area contributed by atoms with E-state index in [1.54, 1.807) is 0 Å². The number of nitrogens with zero attached hydrogens (tertiary/aromatic N) is 6. The predicted octanol–water partition coefficient (Wildman–Crippen LogP) is 2.97. The van der Waals surface area contributed by atoms with Crippen LogP contribution in [0.4, 0.5) is 8.78 Å². The summed E-state index contributed by atoms with van der Waals surface area (Å²) in [5, 5.41) is 23.9. The average molecular weight is 508 g/mol. The molecule has 0 radical (unpaired) electrons. The molecule has 0 bridgehead atoms. The zero-order chi connectivity index (χ0) is 22.0. The van der Waals surface area contributed by atoms with E-state index in [0.717, 1.165) is 33.9 Å². The zero-order valence-corrected chi connectivity index (χ0v) is 18.3. The highest BCUT2D eigenvalue weighted by molar-refractivity contribution is 9.10. The fourth-order valence-electron chi connectivity index (χ4n) is 3.04. The number of aliphatic hydroxyl groups is 1. The van der Waals surface area contributed by atoms with Gasteiger partial charge in [0, 0.05) is 27.4 Å². The molecule has 0 spiro atoms. The second-order valence-corrected chi connectivity index (χ2v) is 8.58. The lowest BCUT2D eigenvalue weighted by molar-refractivity contribution is 0.0360. The maximum Gasteiger partial charge on any atom is 0.210 e. The van der Waals surface area contributed by atoms with Gasteiger partial charge in [-0.2, -0.15) is 5.10 Å². The van der Waals surface area contributed by atoms with Crippen LogP contribution < -0.4 is 5.84 Å². The van der Waals surface area contributed by atoms with Gasteiger partial charge in [0.05, 0.1) is 6.54 Å². The van der Waals surface area contributed by atoms with Crippen LogP contribution in [0.5, 0.6) is 0 Å². The molecule has 3 N–H and O–H groups in total. The normalized spacial score (nSPS) is 13.3. The van der Waals surface area contributed by atoms with Gasteiger partial charge in [0.2, 0.25) is 5.16 Å². The Labute approximate surface area is 188 Å². The maximum absolute atomic E-state index is 14.5. The summed E-state index contributed by atoms with van der Waals surface area (Å²) in [7, 11) is 0. The summed E-state index contributed by atoms with van der Waals surface area (Å²) in [6.07, 6.45) is 2.70. The number of rotatable bonds is 7. The fraction of sp³-hybridized carbons (Fsp3) is 0.158. The molecule has 31 heavy (non-hydrogen) atoms. The van der Waals surface area contributed by atoms with Crippen molar-refractivity contribution < 1.29 is 13.9 Å². The van der Waals surface area contributed by atoms with Gasteiger partial charge in [-0.25, -0.2) is 23.1 Å². The molecule has 1 atom stereocenters. The highest BCUT2D eigenvalue weighted by Gasteiger charge is 2.34. The minimum Gasteiger partial charge on any atom is -0.382 e. The summed E-state index contributed by atoms with van der Waals surface area (Å²) >= 11 is 4.49. The van der Waals surface area contributed by atoms with Gasteiger partial charge >= 0.3 is 0 Å². The molecule has 0 saturated carbocycles. The third kappa shape index (κ3) is 4.60. The average Bonchev–Trinajstić information content (AvgIpc) is 3.36. The summed E-state index contributed by atoms with van der Waals surface area (Å²) in [5.41, 5.74) is -1.08. The number of nitrogen functional groups attached to an aromatic ring is 1.